The van der Waals surface area contributed by atoms with Crippen LogP contribution in [0.2, 0.25) is 0 Å². The summed E-state index contributed by atoms with van der Waals surface area (Å²) in [4.78, 5) is 14.2. The molecule has 0 bridgehead atoms. The van der Waals surface area contributed by atoms with Crippen molar-refractivity contribution in [3.63, 3.8) is 0 Å². The van der Waals surface area contributed by atoms with E-state index in [1.807, 2.05) is 4.90 Å². The SMILES string of the molecule is NCC1CCCC1C(=O)N(CCO)C1CC1. The summed E-state index contributed by atoms with van der Waals surface area (Å²) in [5.74, 6) is 0.731. The number of hydrogen-bond donors (Lipinski definition) is 2. The Morgan fingerprint density at radius 2 is 2.06 bits per heavy atom. The van der Waals surface area contributed by atoms with Gasteiger partial charge in [-0.15, -0.1) is 0 Å². The van der Waals surface area contributed by atoms with E-state index in [4.69, 9.17) is 10.8 Å². The first-order valence-corrected chi connectivity index (χ1v) is 6.39. The molecule has 0 saturated heterocycles. The van der Waals surface area contributed by atoms with Crippen LogP contribution in [-0.4, -0.2) is 41.7 Å². The number of nitrogens with zero attached hydrogens (tertiary/aromatic N) is 1. The fourth-order valence-electron chi connectivity index (χ4n) is 2.82. The minimum Gasteiger partial charge on any atom is -0.395 e. The highest BCUT2D eigenvalue weighted by Gasteiger charge is 2.39. The highest BCUT2D eigenvalue weighted by atomic mass is 16.3. The van der Waals surface area contributed by atoms with Gasteiger partial charge >= 0.3 is 0 Å². The number of aliphatic hydroxyl groups excluding tert-OH is 1. The van der Waals surface area contributed by atoms with Gasteiger partial charge in [-0.05, 0) is 38.1 Å². The standard InChI is InChI=1S/C12H22N2O2/c13-8-9-2-1-3-11(9)12(16)14(6-7-15)10-4-5-10/h9-11,15H,1-8,13H2. The maximum atomic E-state index is 12.3. The number of aliphatic hydroxyl groups is 1. The molecule has 2 fully saturated rings. The van der Waals surface area contributed by atoms with Crippen LogP contribution in [0.1, 0.15) is 32.1 Å². The van der Waals surface area contributed by atoms with Crippen molar-refractivity contribution < 1.29 is 9.90 Å². The van der Waals surface area contributed by atoms with Crippen molar-refractivity contribution in [2.45, 2.75) is 38.1 Å². The van der Waals surface area contributed by atoms with Crippen LogP contribution in [-0.2, 0) is 4.79 Å². The fourth-order valence-corrected chi connectivity index (χ4v) is 2.82. The zero-order valence-electron chi connectivity index (χ0n) is 9.77. The summed E-state index contributed by atoms with van der Waals surface area (Å²) in [6.07, 6.45) is 5.40. The molecule has 4 nitrogen and oxygen atoms in total. The van der Waals surface area contributed by atoms with E-state index in [-0.39, 0.29) is 18.4 Å². The van der Waals surface area contributed by atoms with E-state index in [1.165, 1.54) is 0 Å². The first-order valence-electron chi connectivity index (χ1n) is 6.39. The monoisotopic (exact) mass is 226 g/mol. The number of carbonyl (C=O) groups is 1. The molecule has 4 heteroatoms. The molecule has 2 aliphatic carbocycles. The van der Waals surface area contributed by atoms with E-state index < -0.39 is 0 Å². The minimum absolute atomic E-state index is 0.0717. The molecule has 16 heavy (non-hydrogen) atoms. The summed E-state index contributed by atoms with van der Waals surface area (Å²) in [7, 11) is 0. The lowest BCUT2D eigenvalue weighted by Gasteiger charge is -2.27. The molecule has 0 aromatic heterocycles. The largest absolute Gasteiger partial charge is 0.395 e. The predicted octanol–water partition coefficient (Wildman–Crippen LogP) is 0.345. The third-order valence-electron chi connectivity index (χ3n) is 3.89. The zero-order chi connectivity index (χ0) is 11.5. The summed E-state index contributed by atoms with van der Waals surface area (Å²) in [5.41, 5.74) is 5.71. The Bertz CT molecular complexity index is 249. The van der Waals surface area contributed by atoms with Crippen LogP contribution in [0.15, 0.2) is 0 Å². The van der Waals surface area contributed by atoms with Crippen LogP contribution < -0.4 is 5.73 Å². The van der Waals surface area contributed by atoms with Crippen molar-refractivity contribution in [3.8, 4) is 0 Å². The van der Waals surface area contributed by atoms with Crippen molar-refractivity contribution in [2.24, 2.45) is 17.6 Å². The van der Waals surface area contributed by atoms with Gasteiger partial charge in [0.2, 0.25) is 5.91 Å². The summed E-state index contributed by atoms with van der Waals surface area (Å²) >= 11 is 0. The van der Waals surface area contributed by atoms with Crippen LogP contribution in [0.25, 0.3) is 0 Å². The Morgan fingerprint density at radius 3 is 2.62 bits per heavy atom. The van der Waals surface area contributed by atoms with Crippen LogP contribution in [0.5, 0.6) is 0 Å². The molecule has 0 spiro atoms. The first-order chi connectivity index (χ1) is 7.77. The Hall–Kier alpha value is -0.610. The molecule has 3 N–H and O–H groups in total. The van der Waals surface area contributed by atoms with Gasteiger partial charge in [0.25, 0.3) is 0 Å². The van der Waals surface area contributed by atoms with Crippen LogP contribution in [0.3, 0.4) is 0 Å². The van der Waals surface area contributed by atoms with Crippen LogP contribution in [0, 0.1) is 11.8 Å². The van der Waals surface area contributed by atoms with Gasteiger partial charge in [0, 0.05) is 18.5 Å². The molecule has 0 aliphatic heterocycles. The highest BCUT2D eigenvalue weighted by Crippen LogP contribution is 2.35. The van der Waals surface area contributed by atoms with E-state index in [0.717, 1.165) is 32.1 Å². The van der Waals surface area contributed by atoms with Crippen LogP contribution >= 0.6 is 0 Å². The van der Waals surface area contributed by atoms with Gasteiger partial charge in [0.05, 0.1) is 6.61 Å². The number of rotatable bonds is 5. The van der Waals surface area contributed by atoms with E-state index in [9.17, 15) is 4.79 Å². The van der Waals surface area contributed by atoms with Gasteiger partial charge < -0.3 is 15.7 Å². The highest BCUT2D eigenvalue weighted by molar-refractivity contribution is 5.80. The molecule has 2 atom stereocenters. The fraction of sp³-hybridized carbons (Fsp3) is 0.917. The molecule has 0 heterocycles. The topological polar surface area (TPSA) is 66.6 Å². The zero-order valence-corrected chi connectivity index (χ0v) is 9.77. The minimum atomic E-state index is 0.0717. The van der Waals surface area contributed by atoms with Crippen LogP contribution in [0.4, 0.5) is 0 Å². The number of carbonyl (C=O) groups excluding carboxylic acids is 1. The molecule has 1 amide bonds. The maximum absolute atomic E-state index is 12.3. The van der Waals surface area contributed by atoms with E-state index in [2.05, 4.69) is 0 Å². The Kier molecular flexibility index (Phi) is 3.82. The Labute approximate surface area is 96.8 Å². The normalized spacial score (nSPS) is 29.4. The summed E-state index contributed by atoms with van der Waals surface area (Å²) in [6.45, 7) is 1.19. The average molecular weight is 226 g/mol. The molecule has 2 rings (SSSR count). The molecule has 92 valence electrons. The van der Waals surface area contributed by atoms with Gasteiger partial charge in [0.1, 0.15) is 0 Å². The third kappa shape index (κ3) is 2.38. The lowest BCUT2D eigenvalue weighted by Crippen LogP contribution is -2.41. The van der Waals surface area contributed by atoms with E-state index >= 15 is 0 Å². The van der Waals surface area contributed by atoms with Crippen molar-refractivity contribution in [1.29, 1.82) is 0 Å². The Morgan fingerprint density at radius 1 is 1.31 bits per heavy atom. The van der Waals surface area contributed by atoms with Gasteiger partial charge in [-0.3, -0.25) is 4.79 Å². The molecular formula is C12H22N2O2. The molecule has 2 saturated carbocycles. The van der Waals surface area contributed by atoms with Crippen molar-refractivity contribution in [2.75, 3.05) is 19.7 Å². The van der Waals surface area contributed by atoms with Crippen molar-refractivity contribution >= 4 is 5.91 Å². The quantitative estimate of drug-likeness (QED) is 0.710. The number of hydrogen-bond acceptors (Lipinski definition) is 3. The summed E-state index contributed by atoms with van der Waals surface area (Å²) in [5, 5.41) is 9.01. The maximum Gasteiger partial charge on any atom is 0.226 e. The lowest BCUT2D eigenvalue weighted by atomic mass is 9.94. The van der Waals surface area contributed by atoms with Gasteiger partial charge in [-0.25, -0.2) is 0 Å². The molecule has 0 aromatic carbocycles. The Balaban J connectivity index is 1.98. The molecule has 2 unspecified atom stereocenters. The molecular weight excluding hydrogens is 204 g/mol. The van der Waals surface area contributed by atoms with E-state index in [1.54, 1.807) is 0 Å². The second-order valence-electron chi connectivity index (χ2n) is 5.02. The number of amides is 1. The number of nitrogens with two attached hydrogens (primary N) is 1. The molecule has 2 aliphatic rings. The summed E-state index contributed by atoms with van der Waals surface area (Å²) < 4.78 is 0. The van der Waals surface area contributed by atoms with Crippen molar-refractivity contribution in [3.05, 3.63) is 0 Å². The second kappa shape index (κ2) is 5.15. The average Bonchev–Trinajstić information content (AvgIpc) is 3.01. The van der Waals surface area contributed by atoms with Gasteiger partial charge in [-0.2, -0.15) is 0 Å². The smallest absolute Gasteiger partial charge is 0.226 e. The predicted molar refractivity (Wildman–Crippen MR) is 61.7 cm³/mol. The molecule has 0 aromatic rings. The third-order valence-corrected chi connectivity index (χ3v) is 3.89. The first kappa shape index (κ1) is 11.9. The van der Waals surface area contributed by atoms with Gasteiger partial charge in [-0.1, -0.05) is 6.42 Å². The van der Waals surface area contributed by atoms with E-state index in [0.29, 0.717) is 25.0 Å². The van der Waals surface area contributed by atoms with Gasteiger partial charge in [0.15, 0.2) is 0 Å². The molecule has 0 radical (unpaired) electrons. The van der Waals surface area contributed by atoms with Crippen molar-refractivity contribution in [1.82, 2.24) is 4.90 Å². The second-order valence-corrected chi connectivity index (χ2v) is 5.02. The summed E-state index contributed by atoms with van der Waals surface area (Å²) in [6, 6.07) is 0.402. The lowest BCUT2D eigenvalue weighted by molar-refractivity contribution is -0.137.